The number of imidazole rings is 1. The highest BCUT2D eigenvalue weighted by Crippen LogP contribution is 2.16. The van der Waals surface area contributed by atoms with Crippen LogP contribution in [-0.4, -0.2) is 22.3 Å². The molecule has 25 heavy (non-hydrogen) atoms. The Morgan fingerprint density at radius 2 is 2.24 bits per heavy atom. The van der Waals surface area contributed by atoms with E-state index in [9.17, 15) is 0 Å². The fourth-order valence-corrected chi connectivity index (χ4v) is 2.35. The largest absolute Gasteiger partial charge is 0.398 e. The molecule has 2 rings (SSSR count). The Labute approximate surface area is 149 Å². The standard InChI is InChI=1S/C20H25N5/c1-5-7-8-9-17(6-2)24-20(22-4)15(3)19(21)16-10-11-18-23-12-13-25(18)14-16/h6-14H,2,5,21H2,1,3-4H3,(H,22,24)/b8-7-,17-9+,19-15?. The van der Waals surface area contributed by atoms with Crippen LogP contribution in [0, 0.1) is 0 Å². The molecule has 5 heteroatoms. The Hall–Kier alpha value is -3.08. The topological polar surface area (TPSA) is 67.7 Å². The van der Waals surface area contributed by atoms with Crippen LogP contribution in [-0.2, 0) is 0 Å². The van der Waals surface area contributed by atoms with E-state index in [1.807, 2.05) is 48.0 Å². The van der Waals surface area contributed by atoms with Crippen molar-refractivity contribution in [3.05, 3.63) is 78.4 Å². The zero-order valence-electron chi connectivity index (χ0n) is 15.0. The summed E-state index contributed by atoms with van der Waals surface area (Å²) in [5.41, 5.74) is 10.6. The number of aliphatic imine (C=N–C) groups is 1. The third-order valence-electron chi connectivity index (χ3n) is 3.81. The van der Waals surface area contributed by atoms with Gasteiger partial charge < -0.3 is 15.5 Å². The second-order valence-corrected chi connectivity index (χ2v) is 5.51. The van der Waals surface area contributed by atoms with Gasteiger partial charge in [-0.15, -0.1) is 0 Å². The number of amidine groups is 1. The Kier molecular flexibility index (Phi) is 6.34. The van der Waals surface area contributed by atoms with E-state index in [1.165, 1.54) is 0 Å². The van der Waals surface area contributed by atoms with E-state index in [1.54, 1.807) is 19.3 Å². The summed E-state index contributed by atoms with van der Waals surface area (Å²) in [6, 6.07) is 3.90. The zero-order chi connectivity index (χ0) is 18.2. The van der Waals surface area contributed by atoms with Crippen molar-refractivity contribution in [2.24, 2.45) is 10.7 Å². The number of allylic oxidation sites excluding steroid dienone is 4. The molecule has 0 saturated carbocycles. The number of pyridine rings is 1. The minimum absolute atomic E-state index is 0.663. The van der Waals surface area contributed by atoms with Gasteiger partial charge in [0, 0.05) is 48.2 Å². The van der Waals surface area contributed by atoms with Gasteiger partial charge in [-0.25, -0.2) is 4.98 Å². The minimum Gasteiger partial charge on any atom is -0.398 e. The molecule has 130 valence electrons. The third kappa shape index (κ3) is 4.47. The lowest BCUT2D eigenvalue weighted by Crippen LogP contribution is -2.25. The van der Waals surface area contributed by atoms with Gasteiger partial charge in [0.05, 0.1) is 0 Å². The van der Waals surface area contributed by atoms with Crippen molar-refractivity contribution < 1.29 is 0 Å². The van der Waals surface area contributed by atoms with Gasteiger partial charge in [-0.1, -0.05) is 25.7 Å². The van der Waals surface area contributed by atoms with Crippen LogP contribution in [0.5, 0.6) is 0 Å². The Morgan fingerprint density at radius 3 is 2.92 bits per heavy atom. The lowest BCUT2D eigenvalue weighted by atomic mass is 10.1. The molecule has 5 nitrogen and oxygen atoms in total. The summed E-state index contributed by atoms with van der Waals surface area (Å²) in [4.78, 5) is 8.58. The number of hydrogen-bond acceptors (Lipinski definition) is 3. The fraction of sp³-hybridized carbons (Fsp3) is 0.200. The highest BCUT2D eigenvalue weighted by Gasteiger charge is 2.09. The van der Waals surface area contributed by atoms with Gasteiger partial charge in [0.15, 0.2) is 0 Å². The first kappa shape index (κ1) is 18.3. The van der Waals surface area contributed by atoms with Crippen LogP contribution in [0.4, 0.5) is 0 Å². The maximum atomic E-state index is 6.38. The Balaban J connectivity index is 2.31. The van der Waals surface area contributed by atoms with Gasteiger partial charge in [-0.05, 0) is 37.6 Å². The summed E-state index contributed by atoms with van der Waals surface area (Å²) in [6.07, 6.45) is 14.4. The quantitative estimate of drug-likeness (QED) is 0.481. The van der Waals surface area contributed by atoms with Crippen LogP contribution >= 0.6 is 0 Å². The van der Waals surface area contributed by atoms with Crippen molar-refractivity contribution in [2.45, 2.75) is 20.3 Å². The van der Waals surface area contributed by atoms with Crippen molar-refractivity contribution in [1.29, 1.82) is 0 Å². The van der Waals surface area contributed by atoms with Gasteiger partial charge in [0.2, 0.25) is 0 Å². The second kappa shape index (κ2) is 8.68. The van der Waals surface area contributed by atoms with Gasteiger partial charge in [0.25, 0.3) is 0 Å². The van der Waals surface area contributed by atoms with E-state index < -0.39 is 0 Å². The molecule has 3 N–H and O–H groups in total. The molecular formula is C20H25N5. The Bertz CT molecular complexity index is 865. The van der Waals surface area contributed by atoms with Gasteiger partial charge in [-0.3, -0.25) is 4.99 Å². The van der Waals surface area contributed by atoms with Gasteiger partial charge in [0.1, 0.15) is 11.5 Å². The number of nitrogens with zero attached hydrogens (tertiary/aromatic N) is 3. The molecule has 0 aliphatic heterocycles. The third-order valence-corrected chi connectivity index (χ3v) is 3.81. The number of nitrogens with one attached hydrogen (secondary N) is 1. The van der Waals surface area contributed by atoms with Gasteiger partial charge in [-0.2, -0.15) is 0 Å². The van der Waals surface area contributed by atoms with E-state index in [-0.39, 0.29) is 0 Å². The first-order valence-electron chi connectivity index (χ1n) is 8.23. The van der Waals surface area contributed by atoms with Crippen molar-refractivity contribution in [1.82, 2.24) is 14.7 Å². The number of fused-ring (bicyclic) bond motifs is 1. The molecule has 0 amide bonds. The summed E-state index contributed by atoms with van der Waals surface area (Å²) < 4.78 is 1.94. The molecule has 0 fully saturated rings. The van der Waals surface area contributed by atoms with Crippen LogP contribution in [0.25, 0.3) is 11.3 Å². The lowest BCUT2D eigenvalue weighted by molar-refractivity contribution is 1.14. The number of hydrogen-bond donors (Lipinski definition) is 2. The number of aromatic nitrogens is 2. The van der Waals surface area contributed by atoms with Crippen molar-refractivity contribution >= 4 is 17.2 Å². The molecule has 2 aromatic rings. The second-order valence-electron chi connectivity index (χ2n) is 5.51. The molecule has 0 unspecified atom stereocenters. The van der Waals surface area contributed by atoms with Crippen molar-refractivity contribution in [2.75, 3.05) is 7.05 Å². The fourth-order valence-electron chi connectivity index (χ4n) is 2.35. The van der Waals surface area contributed by atoms with E-state index in [0.717, 1.165) is 28.9 Å². The molecule has 0 aromatic carbocycles. The number of nitrogens with two attached hydrogens (primary N) is 1. The highest BCUT2D eigenvalue weighted by atomic mass is 15.0. The molecule has 0 saturated heterocycles. The molecule has 2 heterocycles. The van der Waals surface area contributed by atoms with Crippen LogP contribution < -0.4 is 11.1 Å². The lowest BCUT2D eigenvalue weighted by Gasteiger charge is -2.14. The first-order chi connectivity index (χ1) is 12.1. The van der Waals surface area contributed by atoms with Crippen LogP contribution in [0.1, 0.15) is 25.8 Å². The van der Waals surface area contributed by atoms with E-state index in [2.05, 4.69) is 34.9 Å². The Morgan fingerprint density at radius 1 is 1.44 bits per heavy atom. The maximum Gasteiger partial charge on any atom is 0.136 e. The van der Waals surface area contributed by atoms with Crippen molar-refractivity contribution in [3.63, 3.8) is 0 Å². The monoisotopic (exact) mass is 335 g/mol. The maximum absolute atomic E-state index is 6.38. The van der Waals surface area contributed by atoms with Gasteiger partial charge >= 0.3 is 0 Å². The molecular weight excluding hydrogens is 310 g/mol. The SMILES string of the molecule is C=C/C(=C\C=C/CC)NC(=NC)C(C)=C(N)c1ccc2nccn2c1. The average Bonchev–Trinajstić information content (AvgIpc) is 3.11. The summed E-state index contributed by atoms with van der Waals surface area (Å²) in [5, 5.41) is 3.28. The van der Waals surface area contributed by atoms with E-state index >= 15 is 0 Å². The molecule has 0 spiro atoms. The van der Waals surface area contributed by atoms with E-state index in [0.29, 0.717) is 11.5 Å². The predicted octanol–water partition coefficient (Wildman–Crippen LogP) is 3.68. The number of rotatable bonds is 6. The molecule has 0 aliphatic carbocycles. The van der Waals surface area contributed by atoms with Crippen LogP contribution in [0.2, 0.25) is 0 Å². The van der Waals surface area contributed by atoms with Crippen LogP contribution in [0.3, 0.4) is 0 Å². The molecule has 0 radical (unpaired) electrons. The molecule has 0 bridgehead atoms. The minimum atomic E-state index is 0.663. The first-order valence-corrected chi connectivity index (χ1v) is 8.23. The smallest absolute Gasteiger partial charge is 0.136 e. The average molecular weight is 335 g/mol. The van der Waals surface area contributed by atoms with E-state index in [4.69, 9.17) is 5.73 Å². The normalized spacial score (nSPS) is 14.0. The summed E-state index contributed by atoms with van der Waals surface area (Å²) in [7, 11) is 1.74. The van der Waals surface area contributed by atoms with Crippen molar-refractivity contribution in [3.8, 4) is 0 Å². The summed E-state index contributed by atoms with van der Waals surface area (Å²) in [6.45, 7) is 7.88. The highest BCUT2D eigenvalue weighted by molar-refractivity contribution is 6.04. The summed E-state index contributed by atoms with van der Waals surface area (Å²) >= 11 is 0. The predicted molar refractivity (Wildman–Crippen MR) is 106 cm³/mol. The molecule has 0 aliphatic rings. The molecule has 2 aromatic heterocycles. The zero-order valence-corrected chi connectivity index (χ0v) is 15.0. The molecule has 0 atom stereocenters. The summed E-state index contributed by atoms with van der Waals surface area (Å²) in [5.74, 6) is 0.708. The van der Waals surface area contributed by atoms with Crippen LogP contribution in [0.15, 0.2) is 77.9 Å².